The lowest BCUT2D eigenvalue weighted by Crippen LogP contribution is -2.40. The molecular formula is C10H17BrN2OS. The second-order valence-electron chi connectivity index (χ2n) is 3.66. The first-order valence-electron chi connectivity index (χ1n) is 4.93. The summed E-state index contributed by atoms with van der Waals surface area (Å²) in [4.78, 5) is 1.30. The second-order valence-corrected chi connectivity index (χ2v) is 6.20. The molecule has 1 unspecified atom stereocenters. The number of hydrogen-bond donors (Lipinski definition) is 2. The number of hydrogen-bond acceptors (Lipinski definition) is 4. The van der Waals surface area contributed by atoms with Crippen molar-refractivity contribution in [2.75, 3.05) is 6.61 Å². The lowest BCUT2D eigenvalue weighted by Gasteiger charge is -2.16. The summed E-state index contributed by atoms with van der Waals surface area (Å²) in [6.07, 6.45) is 1.15. The molecule has 15 heavy (non-hydrogen) atoms. The van der Waals surface area contributed by atoms with Crippen molar-refractivity contribution in [1.29, 1.82) is 0 Å². The van der Waals surface area contributed by atoms with Crippen LogP contribution < -0.4 is 11.3 Å². The maximum absolute atomic E-state index is 5.52. The van der Waals surface area contributed by atoms with Gasteiger partial charge in [-0.25, -0.2) is 0 Å². The molecule has 0 amide bonds. The van der Waals surface area contributed by atoms with Gasteiger partial charge in [-0.15, -0.1) is 11.3 Å². The molecule has 1 heterocycles. The van der Waals surface area contributed by atoms with Gasteiger partial charge in [-0.2, -0.15) is 0 Å². The normalized spacial score (nSPS) is 13.4. The number of ether oxygens (including phenoxy) is 1. The summed E-state index contributed by atoms with van der Waals surface area (Å²) in [5.74, 6) is 5.48. The zero-order valence-electron chi connectivity index (χ0n) is 9.00. The molecule has 0 bridgehead atoms. The van der Waals surface area contributed by atoms with Gasteiger partial charge in [0.2, 0.25) is 0 Å². The van der Waals surface area contributed by atoms with Gasteiger partial charge in [0, 0.05) is 17.3 Å². The maximum Gasteiger partial charge on any atom is 0.0701 e. The Morgan fingerprint density at radius 2 is 2.27 bits per heavy atom. The molecule has 1 rings (SSSR count). The van der Waals surface area contributed by atoms with Gasteiger partial charge in [0.15, 0.2) is 0 Å². The number of hydrazine groups is 1. The molecule has 3 nitrogen and oxygen atoms in total. The van der Waals surface area contributed by atoms with Crippen molar-refractivity contribution in [1.82, 2.24) is 5.43 Å². The summed E-state index contributed by atoms with van der Waals surface area (Å²) >= 11 is 5.17. The van der Waals surface area contributed by atoms with Crippen LogP contribution in [0.25, 0.3) is 0 Å². The molecule has 0 aliphatic heterocycles. The average Bonchev–Trinajstić information content (AvgIpc) is 2.58. The van der Waals surface area contributed by atoms with Gasteiger partial charge in [0.05, 0.1) is 16.5 Å². The molecular weight excluding hydrogens is 276 g/mol. The molecule has 86 valence electrons. The van der Waals surface area contributed by atoms with Crippen LogP contribution in [0.3, 0.4) is 0 Å². The van der Waals surface area contributed by atoms with E-state index in [2.05, 4.69) is 33.5 Å². The zero-order valence-corrected chi connectivity index (χ0v) is 11.4. The molecule has 3 N–H and O–H groups in total. The van der Waals surface area contributed by atoms with E-state index in [1.54, 1.807) is 11.3 Å². The highest BCUT2D eigenvalue weighted by Crippen LogP contribution is 2.23. The summed E-state index contributed by atoms with van der Waals surface area (Å²) in [5, 5.41) is 0. The van der Waals surface area contributed by atoms with Crippen molar-refractivity contribution in [3.63, 3.8) is 0 Å². The summed E-state index contributed by atoms with van der Waals surface area (Å²) in [6.45, 7) is 4.69. The molecule has 0 fully saturated rings. The van der Waals surface area contributed by atoms with Crippen molar-refractivity contribution in [2.45, 2.75) is 32.4 Å². The minimum atomic E-state index is 0.179. The smallest absolute Gasteiger partial charge is 0.0701 e. The van der Waals surface area contributed by atoms with Gasteiger partial charge in [-0.1, -0.05) is 0 Å². The fraction of sp³-hybridized carbons (Fsp3) is 0.600. The van der Waals surface area contributed by atoms with E-state index in [9.17, 15) is 0 Å². The van der Waals surface area contributed by atoms with Crippen molar-refractivity contribution < 1.29 is 4.74 Å². The Hall–Kier alpha value is 0.0600. The summed E-state index contributed by atoms with van der Waals surface area (Å²) < 4.78 is 6.68. The molecule has 0 aromatic carbocycles. The van der Waals surface area contributed by atoms with E-state index in [1.807, 2.05) is 13.8 Å². The van der Waals surface area contributed by atoms with Gasteiger partial charge >= 0.3 is 0 Å². The Morgan fingerprint density at radius 1 is 1.53 bits per heavy atom. The molecule has 1 atom stereocenters. The molecule has 0 saturated carbocycles. The number of nitrogens with one attached hydrogen (secondary N) is 1. The Labute approximate surface area is 103 Å². The third-order valence-electron chi connectivity index (χ3n) is 1.94. The highest BCUT2D eigenvalue weighted by atomic mass is 79.9. The molecule has 0 aliphatic carbocycles. The largest absolute Gasteiger partial charge is 0.377 e. The number of halogens is 1. The summed E-state index contributed by atoms with van der Waals surface area (Å²) in [5.41, 5.74) is 2.78. The van der Waals surface area contributed by atoms with Crippen molar-refractivity contribution in [3.8, 4) is 0 Å². The number of rotatable bonds is 6. The fourth-order valence-electron chi connectivity index (χ4n) is 1.18. The average molecular weight is 293 g/mol. The van der Waals surface area contributed by atoms with E-state index >= 15 is 0 Å². The van der Waals surface area contributed by atoms with E-state index in [-0.39, 0.29) is 12.1 Å². The highest BCUT2D eigenvalue weighted by Gasteiger charge is 2.10. The first-order chi connectivity index (χ1) is 7.11. The first kappa shape index (κ1) is 13.1. The molecule has 0 spiro atoms. The monoisotopic (exact) mass is 292 g/mol. The maximum atomic E-state index is 5.52. The van der Waals surface area contributed by atoms with E-state index in [4.69, 9.17) is 10.6 Å². The highest BCUT2D eigenvalue weighted by molar-refractivity contribution is 9.11. The fourth-order valence-corrected chi connectivity index (χ4v) is 2.74. The van der Waals surface area contributed by atoms with Crippen LogP contribution in [0.1, 0.15) is 18.7 Å². The van der Waals surface area contributed by atoms with Crippen LogP contribution in [0.4, 0.5) is 0 Å². The van der Waals surface area contributed by atoms with Crippen LogP contribution in [0.15, 0.2) is 15.9 Å². The van der Waals surface area contributed by atoms with Crippen molar-refractivity contribution in [2.24, 2.45) is 5.84 Å². The van der Waals surface area contributed by atoms with Gasteiger partial charge in [0.1, 0.15) is 0 Å². The molecule has 0 radical (unpaired) electrons. The molecule has 5 heteroatoms. The first-order valence-corrected chi connectivity index (χ1v) is 6.54. The second kappa shape index (κ2) is 6.60. The van der Waals surface area contributed by atoms with E-state index in [0.717, 1.165) is 10.2 Å². The van der Waals surface area contributed by atoms with Crippen molar-refractivity contribution >= 4 is 27.3 Å². The third kappa shape index (κ3) is 5.08. The van der Waals surface area contributed by atoms with Crippen LogP contribution in [0.2, 0.25) is 0 Å². The van der Waals surface area contributed by atoms with Crippen molar-refractivity contribution in [3.05, 3.63) is 20.8 Å². The molecule has 0 saturated heterocycles. The Bertz CT molecular complexity index is 291. The Balaban J connectivity index is 2.39. The quantitative estimate of drug-likeness (QED) is 0.625. The van der Waals surface area contributed by atoms with E-state index in [0.29, 0.717) is 6.61 Å². The number of nitrogens with two attached hydrogens (primary N) is 1. The topological polar surface area (TPSA) is 47.3 Å². The SMILES string of the molecule is CC(C)OCC(Cc1ccc(Br)s1)NN. The van der Waals surface area contributed by atoms with Crippen LogP contribution in [0.5, 0.6) is 0 Å². The summed E-state index contributed by atoms with van der Waals surface area (Å²) in [6, 6.07) is 4.34. The van der Waals surface area contributed by atoms with Gasteiger partial charge in [-0.3, -0.25) is 11.3 Å². The minimum absolute atomic E-state index is 0.179. The third-order valence-corrected chi connectivity index (χ3v) is 3.59. The van der Waals surface area contributed by atoms with Crippen LogP contribution in [-0.2, 0) is 11.2 Å². The molecule has 1 aromatic rings. The zero-order chi connectivity index (χ0) is 11.3. The lowest BCUT2D eigenvalue weighted by molar-refractivity contribution is 0.0614. The van der Waals surface area contributed by atoms with Crippen LogP contribution >= 0.6 is 27.3 Å². The van der Waals surface area contributed by atoms with Crippen LogP contribution in [-0.4, -0.2) is 18.8 Å². The molecule has 0 aliphatic rings. The van der Waals surface area contributed by atoms with E-state index < -0.39 is 0 Å². The predicted octanol–water partition coefficient (Wildman–Crippen LogP) is 2.31. The Morgan fingerprint density at radius 3 is 2.73 bits per heavy atom. The van der Waals surface area contributed by atoms with Gasteiger partial charge in [-0.05, 0) is 41.9 Å². The van der Waals surface area contributed by atoms with E-state index in [1.165, 1.54) is 4.88 Å². The lowest BCUT2D eigenvalue weighted by atomic mass is 10.2. The van der Waals surface area contributed by atoms with Crippen LogP contribution in [0, 0.1) is 0 Å². The predicted molar refractivity (Wildman–Crippen MR) is 67.9 cm³/mol. The summed E-state index contributed by atoms with van der Waals surface area (Å²) in [7, 11) is 0. The number of thiophene rings is 1. The Kier molecular flexibility index (Phi) is 5.78. The molecule has 1 aromatic heterocycles. The minimum Gasteiger partial charge on any atom is -0.377 e. The van der Waals surface area contributed by atoms with Gasteiger partial charge in [0.25, 0.3) is 0 Å². The standard InChI is InChI=1S/C10H17BrN2OS/c1-7(2)14-6-8(13-12)5-9-3-4-10(11)15-9/h3-4,7-8,13H,5-6,12H2,1-2H3. The van der Waals surface area contributed by atoms with Gasteiger partial charge < -0.3 is 4.74 Å².